The molecular formula is C14H15N5O5. The minimum absolute atomic E-state index is 0.0777. The summed E-state index contributed by atoms with van der Waals surface area (Å²) in [6.07, 6.45) is 2.48. The number of hydrogen-bond acceptors (Lipinski definition) is 6. The van der Waals surface area contributed by atoms with Gasteiger partial charge in [0.15, 0.2) is 0 Å². The zero-order valence-electron chi connectivity index (χ0n) is 12.7. The number of nitro benzene ring substituents is 1. The van der Waals surface area contributed by atoms with Crippen LogP contribution in [0.2, 0.25) is 0 Å². The molecule has 1 heterocycles. The van der Waals surface area contributed by atoms with Gasteiger partial charge in [-0.25, -0.2) is 9.67 Å². The van der Waals surface area contributed by atoms with Gasteiger partial charge >= 0.3 is 5.97 Å². The van der Waals surface area contributed by atoms with E-state index in [0.29, 0.717) is 0 Å². The highest BCUT2D eigenvalue weighted by atomic mass is 16.6. The summed E-state index contributed by atoms with van der Waals surface area (Å²) in [6, 6.07) is 3.98. The first-order chi connectivity index (χ1) is 11.4. The molecule has 0 aliphatic rings. The second-order valence-corrected chi connectivity index (χ2v) is 5.21. The molecule has 0 aliphatic carbocycles. The van der Waals surface area contributed by atoms with E-state index in [1.165, 1.54) is 29.5 Å². The summed E-state index contributed by atoms with van der Waals surface area (Å²) in [5.41, 5.74) is 0.00752. The van der Waals surface area contributed by atoms with Crippen LogP contribution in [-0.2, 0) is 4.79 Å². The normalized spacial score (nSPS) is 11.7. The number of carboxylic acids is 1. The Bertz CT molecular complexity index is 759. The lowest BCUT2D eigenvalue weighted by Gasteiger charge is -2.11. The van der Waals surface area contributed by atoms with E-state index in [1.54, 1.807) is 6.92 Å². The number of nitrogens with one attached hydrogen (secondary N) is 1. The van der Waals surface area contributed by atoms with E-state index in [4.69, 9.17) is 5.11 Å². The van der Waals surface area contributed by atoms with E-state index >= 15 is 0 Å². The Balaban J connectivity index is 2.16. The van der Waals surface area contributed by atoms with Gasteiger partial charge in [0.05, 0.1) is 4.92 Å². The van der Waals surface area contributed by atoms with Crippen molar-refractivity contribution in [2.24, 2.45) is 5.92 Å². The van der Waals surface area contributed by atoms with Crippen LogP contribution in [0, 0.1) is 16.0 Å². The van der Waals surface area contributed by atoms with Crippen LogP contribution in [0.4, 0.5) is 5.69 Å². The number of nitro groups is 1. The maximum atomic E-state index is 12.1. The quantitative estimate of drug-likeness (QED) is 0.569. The van der Waals surface area contributed by atoms with Gasteiger partial charge in [0.2, 0.25) is 0 Å². The predicted octanol–water partition coefficient (Wildman–Crippen LogP) is 1.02. The molecule has 0 saturated heterocycles. The number of carbonyl (C=O) groups excluding carboxylic acids is 1. The molecule has 1 atom stereocenters. The predicted molar refractivity (Wildman–Crippen MR) is 81.8 cm³/mol. The number of aromatic nitrogens is 3. The molecule has 0 bridgehead atoms. The first kappa shape index (κ1) is 17.1. The summed E-state index contributed by atoms with van der Waals surface area (Å²) >= 11 is 0. The lowest BCUT2D eigenvalue weighted by molar-refractivity contribution is -0.384. The molecule has 2 N–H and O–H groups in total. The summed E-state index contributed by atoms with van der Waals surface area (Å²) in [4.78, 5) is 37.0. The number of rotatable bonds is 7. The SMILES string of the molecule is CC(CNC(=O)c1ccc(-n2cncn2)c([N+](=O)[O-])c1)CC(=O)O. The van der Waals surface area contributed by atoms with Crippen molar-refractivity contribution in [1.82, 2.24) is 20.1 Å². The van der Waals surface area contributed by atoms with Crippen molar-refractivity contribution in [3.8, 4) is 5.69 Å². The van der Waals surface area contributed by atoms with Gasteiger partial charge in [-0.1, -0.05) is 6.92 Å². The third kappa shape index (κ3) is 4.12. The molecule has 10 nitrogen and oxygen atoms in total. The third-order valence-electron chi connectivity index (χ3n) is 3.23. The van der Waals surface area contributed by atoms with Crippen LogP contribution < -0.4 is 5.32 Å². The summed E-state index contributed by atoms with van der Waals surface area (Å²) in [5.74, 6) is -1.72. The van der Waals surface area contributed by atoms with E-state index in [-0.39, 0.29) is 35.8 Å². The minimum Gasteiger partial charge on any atom is -0.481 e. The van der Waals surface area contributed by atoms with E-state index in [9.17, 15) is 19.7 Å². The molecule has 0 saturated carbocycles. The lowest BCUT2D eigenvalue weighted by atomic mass is 10.1. The van der Waals surface area contributed by atoms with Gasteiger partial charge < -0.3 is 10.4 Å². The molecular weight excluding hydrogens is 318 g/mol. The largest absolute Gasteiger partial charge is 0.481 e. The molecule has 0 radical (unpaired) electrons. The van der Waals surface area contributed by atoms with Gasteiger partial charge in [0, 0.05) is 24.6 Å². The zero-order valence-corrected chi connectivity index (χ0v) is 12.7. The van der Waals surface area contributed by atoms with Gasteiger partial charge in [-0.15, -0.1) is 0 Å². The molecule has 10 heteroatoms. The summed E-state index contributed by atoms with van der Waals surface area (Å²) in [7, 11) is 0. The highest BCUT2D eigenvalue weighted by molar-refractivity contribution is 5.95. The van der Waals surface area contributed by atoms with Gasteiger partial charge in [-0.3, -0.25) is 19.7 Å². The second kappa shape index (κ2) is 7.31. The van der Waals surface area contributed by atoms with Crippen LogP contribution in [0.5, 0.6) is 0 Å². The van der Waals surface area contributed by atoms with E-state index in [0.717, 1.165) is 6.07 Å². The Hall–Kier alpha value is -3.30. The molecule has 24 heavy (non-hydrogen) atoms. The van der Waals surface area contributed by atoms with Gasteiger partial charge in [0.1, 0.15) is 18.3 Å². The molecule has 0 spiro atoms. The van der Waals surface area contributed by atoms with E-state index in [2.05, 4.69) is 15.4 Å². The van der Waals surface area contributed by atoms with Gasteiger partial charge in [-0.05, 0) is 18.1 Å². The van der Waals surface area contributed by atoms with Crippen molar-refractivity contribution < 1.29 is 19.6 Å². The third-order valence-corrected chi connectivity index (χ3v) is 3.23. The first-order valence-electron chi connectivity index (χ1n) is 7.02. The number of carbonyl (C=O) groups is 2. The van der Waals surface area contributed by atoms with E-state index < -0.39 is 16.8 Å². The number of hydrogen-bond donors (Lipinski definition) is 2. The topological polar surface area (TPSA) is 140 Å². The standard InChI is InChI=1S/C14H15N5O5/c1-9(4-13(20)21)6-16-14(22)10-2-3-11(12(5-10)19(23)24)18-8-15-7-17-18/h2-3,5,7-9H,4,6H2,1H3,(H,16,22)(H,20,21). The summed E-state index contributed by atoms with van der Waals surface area (Å²) in [5, 5.41) is 26.3. The molecule has 0 fully saturated rings. The van der Waals surface area contributed by atoms with Gasteiger partial charge in [-0.2, -0.15) is 5.10 Å². The Morgan fingerprint density at radius 1 is 1.46 bits per heavy atom. The van der Waals surface area contributed by atoms with Crippen LogP contribution in [0.15, 0.2) is 30.9 Å². The van der Waals surface area contributed by atoms with Crippen molar-refractivity contribution in [1.29, 1.82) is 0 Å². The number of amides is 1. The summed E-state index contributed by atoms with van der Waals surface area (Å²) < 4.78 is 1.23. The molecule has 1 aromatic heterocycles. The zero-order chi connectivity index (χ0) is 17.7. The molecule has 1 amide bonds. The molecule has 126 valence electrons. The minimum atomic E-state index is -0.954. The van der Waals surface area contributed by atoms with Crippen molar-refractivity contribution in [2.45, 2.75) is 13.3 Å². The molecule has 2 aromatic rings. The molecule has 1 aromatic carbocycles. The monoisotopic (exact) mass is 333 g/mol. The summed E-state index contributed by atoms with van der Waals surface area (Å²) in [6.45, 7) is 1.84. The van der Waals surface area contributed by atoms with E-state index in [1.807, 2.05) is 0 Å². The smallest absolute Gasteiger partial charge is 0.303 e. The Kier molecular flexibility index (Phi) is 5.20. The fraction of sp³-hybridized carbons (Fsp3) is 0.286. The van der Waals surface area contributed by atoms with Crippen LogP contribution in [-0.4, -0.2) is 43.2 Å². The maximum absolute atomic E-state index is 12.1. The van der Waals surface area contributed by atoms with Crippen molar-refractivity contribution in [3.63, 3.8) is 0 Å². The molecule has 2 rings (SSSR count). The molecule has 1 unspecified atom stereocenters. The van der Waals surface area contributed by atoms with Crippen LogP contribution in [0.3, 0.4) is 0 Å². The van der Waals surface area contributed by atoms with Crippen molar-refractivity contribution in [3.05, 3.63) is 46.5 Å². The van der Waals surface area contributed by atoms with Crippen LogP contribution in [0.25, 0.3) is 5.69 Å². The number of aliphatic carboxylic acids is 1. The Morgan fingerprint density at radius 3 is 2.79 bits per heavy atom. The highest BCUT2D eigenvalue weighted by Gasteiger charge is 2.19. The van der Waals surface area contributed by atoms with Gasteiger partial charge in [0.25, 0.3) is 11.6 Å². The Morgan fingerprint density at radius 2 is 2.21 bits per heavy atom. The lowest BCUT2D eigenvalue weighted by Crippen LogP contribution is -2.29. The van der Waals surface area contributed by atoms with Crippen LogP contribution in [0.1, 0.15) is 23.7 Å². The average molecular weight is 333 g/mol. The highest BCUT2D eigenvalue weighted by Crippen LogP contribution is 2.23. The maximum Gasteiger partial charge on any atom is 0.303 e. The first-order valence-corrected chi connectivity index (χ1v) is 7.02. The molecule has 0 aliphatic heterocycles. The number of benzene rings is 1. The number of carboxylic acid groups (broad SMARTS) is 1. The average Bonchev–Trinajstić information content (AvgIpc) is 3.05. The van der Waals surface area contributed by atoms with Crippen molar-refractivity contribution in [2.75, 3.05) is 6.54 Å². The van der Waals surface area contributed by atoms with Crippen molar-refractivity contribution >= 4 is 17.6 Å². The van der Waals surface area contributed by atoms with Crippen LogP contribution >= 0.6 is 0 Å². The Labute approximate surface area is 136 Å². The second-order valence-electron chi connectivity index (χ2n) is 5.21. The fourth-order valence-electron chi connectivity index (χ4n) is 2.08. The number of nitrogens with zero attached hydrogens (tertiary/aromatic N) is 4. The fourth-order valence-corrected chi connectivity index (χ4v) is 2.08.